The van der Waals surface area contributed by atoms with E-state index in [0.29, 0.717) is 0 Å². The van der Waals surface area contributed by atoms with Gasteiger partial charge in [0.15, 0.2) is 14.1 Å². The van der Waals surface area contributed by atoms with Crippen LogP contribution in [0.25, 0.3) is 0 Å². The lowest BCUT2D eigenvalue weighted by Gasteiger charge is -2.41. The van der Waals surface area contributed by atoms with Crippen molar-refractivity contribution >= 4 is 31.8 Å². The molecule has 0 bridgehead atoms. The Bertz CT molecular complexity index is 1070. The van der Waals surface area contributed by atoms with E-state index in [1.54, 1.807) is 11.8 Å². The Morgan fingerprint density at radius 3 is 2.11 bits per heavy atom. The molecule has 0 N–H and O–H groups in total. The van der Waals surface area contributed by atoms with E-state index in [2.05, 4.69) is 51.8 Å². The van der Waals surface area contributed by atoms with Crippen molar-refractivity contribution in [1.29, 1.82) is 0 Å². The molecule has 0 amide bonds. The third-order valence-corrected chi connectivity index (χ3v) is 13.2. The molecule has 3 atom stereocenters. The monoisotopic (exact) mass is 543 g/mol. The summed E-state index contributed by atoms with van der Waals surface area (Å²) < 4.78 is 12.0. The van der Waals surface area contributed by atoms with Crippen LogP contribution >= 0.6 is 11.8 Å². The predicted octanol–water partition coefficient (Wildman–Crippen LogP) is 7.35. The zero-order chi connectivity index (χ0) is 28.1. The number of benzene rings is 1. The van der Waals surface area contributed by atoms with Crippen molar-refractivity contribution in [3.63, 3.8) is 0 Å². The molecule has 0 saturated heterocycles. The lowest BCUT2D eigenvalue weighted by atomic mass is 9.84. The van der Waals surface area contributed by atoms with Gasteiger partial charge in [0.05, 0.1) is 18.2 Å². The van der Waals surface area contributed by atoms with Gasteiger partial charge in [-0.2, -0.15) is 0 Å². The molecule has 0 fully saturated rings. The van der Waals surface area contributed by atoms with Gasteiger partial charge in [0.1, 0.15) is 5.92 Å². The quantitative estimate of drug-likeness (QED) is 0.128. The van der Waals surface area contributed by atoms with Crippen molar-refractivity contribution in [2.45, 2.75) is 97.0 Å². The number of carbonyl (C=O) groups is 2. The maximum atomic E-state index is 13.9. The van der Waals surface area contributed by atoms with Crippen LogP contribution in [0, 0.1) is 33.6 Å². The van der Waals surface area contributed by atoms with Crippen molar-refractivity contribution in [2.24, 2.45) is 5.92 Å². The summed E-state index contributed by atoms with van der Waals surface area (Å²) in [5.74, 6) is -0.805. The number of thioether (sulfide) groups is 1. The van der Waals surface area contributed by atoms with Gasteiger partial charge in [0, 0.05) is 18.4 Å². The number of carbonyl (C=O) groups excluding carboxylic acids is 2. The Morgan fingerprint density at radius 1 is 1.03 bits per heavy atom. The van der Waals surface area contributed by atoms with E-state index in [0.717, 1.165) is 38.6 Å². The molecule has 3 unspecified atom stereocenters. The van der Waals surface area contributed by atoms with Gasteiger partial charge in [0.25, 0.3) is 0 Å². The topological polar surface area (TPSA) is 65.5 Å². The molecule has 37 heavy (non-hydrogen) atoms. The lowest BCUT2D eigenvalue weighted by molar-refractivity contribution is -0.146. The maximum absolute atomic E-state index is 13.9. The number of hydrogen-bond acceptors (Lipinski definition) is 6. The molecule has 1 heterocycles. The Hall–Kier alpha value is -1.96. The molecule has 2 aromatic rings. The minimum atomic E-state index is -2.19. The minimum Gasteiger partial charge on any atom is -0.468 e. The van der Waals surface area contributed by atoms with E-state index in [1.807, 2.05) is 52.1 Å². The first-order chi connectivity index (χ1) is 17.1. The summed E-state index contributed by atoms with van der Waals surface area (Å²) in [4.78, 5) is 31.4. The molecular weight excluding hydrogens is 498 g/mol. The van der Waals surface area contributed by atoms with Crippen LogP contribution in [0.15, 0.2) is 35.5 Å². The van der Waals surface area contributed by atoms with Crippen LogP contribution in [-0.2, 0) is 18.8 Å². The van der Waals surface area contributed by atoms with E-state index < -0.39 is 20.2 Å². The Labute approximate surface area is 229 Å². The van der Waals surface area contributed by atoms with E-state index >= 15 is 0 Å². The minimum absolute atomic E-state index is 0.00838. The molecule has 0 aliphatic heterocycles. The normalized spacial score (nSPS) is 14.7. The number of aryl methyl sites for hydroxylation is 4. The first-order valence-electron chi connectivity index (χ1n) is 13.0. The third-order valence-electron chi connectivity index (χ3n) is 7.45. The van der Waals surface area contributed by atoms with Gasteiger partial charge >= 0.3 is 5.97 Å². The summed E-state index contributed by atoms with van der Waals surface area (Å²) in [6.45, 7) is 21.1. The molecule has 5 nitrogen and oxygen atoms in total. The van der Waals surface area contributed by atoms with Crippen LogP contribution in [0.2, 0.25) is 18.1 Å². The zero-order valence-electron chi connectivity index (χ0n) is 24.5. The first-order valence-corrected chi connectivity index (χ1v) is 16.9. The fourth-order valence-corrected chi connectivity index (χ4v) is 6.63. The number of ether oxygens (including phenoxy) is 1. The van der Waals surface area contributed by atoms with E-state index in [1.165, 1.54) is 7.11 Å². The molecule has 0 aliphatic rings. The van der Waals surface area contributed by atoms with Gasteiger partial charge in [-0.1, -0.05) is 51.5 Å². The fraction of sp³-hybridized carbons (Fsp3) is 0.567. The summed E-state index contributed by atoms with van der Waals surface area (Å²) in [6.07, 6.45) is 1.71. The molecular formula is C30H45NO4SSi. The highest BCUT2D eigenvalue weighted by atomic mass is 32.2. The SMILES string of the molecule is COC(=O)C(C(=O)CC(O[Si](C)(C)C(C)(C)C)C(C)CSc1ccc(C)cn1)c1c(C)cc(C)cc1C. The van der Waals surface area contributed by atoms with Crippen molar-refractivity contribution in [3.8, 4) is 0 Å². The van der Waals surface area contributed by atoms with Crippen LogP contribution in [0.3, 0.4) is 0 Å². The van der Waals surface area contributed by atoms with Gasteiger partial charge in [-0.3, -0.25) is 9.59 Å². The Kier molecular flexibility index (Phi) is 10.7. The van der Waals surface area contributed by atoms with Gasteiger partial charge in [0.2, 0.25) is 0 Å². The number of esters is 1. The molecule has 0 saturated carbocycles. The van der Waals surface area contributed by atoms with Crippen LogP contribution in [0.4, 0.5) is 0 Å². The van der Waals surface area contributed by atoms with E-state index in [-0.39, 0.29) is 29.3 Å². The number of rotatable bonds is 11. The average Bonchev–Trinajstić information content (AvgIpc) is 2.78. The standard InChI is InChI=1S/C30H45NO4SSi/c1-19-12-13-26(31-17-19)36-18-23(5)25(35-37(10,11)30(6,7)8)16-24(32)28(29(33)34-9)27-21(3)14-20(2)15-22(27)4/h12-15,17,23,25,28H,16,18H2,1-11H3. The average molecular weight is 544 g/mol. The second kappa shape index (κ2) is 12.7. The highest BCUT2D eigenvalue weighted by molar-refractivity contribution is 7.99. The van der Waals surface area contributed by atoms with E-state index in [9.17, 15) is 9.59 Å². The van der Waals surface area contributed by atoms with Crippen molar-refractivity contribution in [3.05, 3.63) is 58.3 Å². The van der Waals surface area contributed by atoms with Crippen molar-refractivity contribution in [2.75, 3.05) is 12.9 Å². The van der Waals surface area contributed by atoms with Gasteiger partial charge in [-0.25, -0.2) is 4.98 Å². The number of ketones is 1. The lowest BCUT2D eigenvalue weighted by Crippen LogP contribution is -2.46. The number of methoxy groups -OCH3 is 1. The number of aromatic nitrogens is 1. The first kappa shape index (κ1) is 31.3. The number of hydrogen-bond donors (Lipinski definition) is 0. The Balaban J connectivity index is 2.39. The van der Waals surface area contributed by atoms with Crippen molar-refractivity contribution in [1.82, 2.24) is 4.98 Å². The fourth-order valence-electron chi connectivity index (χ4n) is 4.27. The van der Waals surface area contributed by atoms with Crippen LogP contribution in [-0.4, -0.2) is 44.0 Å². The van der Waals surface area contributed by atoms with Crippen LogP contribution in [0.5, 0.6) is 0 Å². The molecule has 0 aliphatic carbocycles. The second-order valence-electron chi connectivity index (χ2n) is 11.8. The summed E-state index contributed by atoms with van der Waals surface area (Å²) in [7, 11) is -0.839. The Morgan fingerprint density at radius 2 is 1.62 bits per heavy atom. The summed E-state index contributed by atoms with van der Waals surface area (Å²) in [5.41, 5.74) is 4.83. The predicted molar refractivity (Wildman–Crippen MR) is 156 cm³/mol. The highest BCUT2D eigenvalue weighted by Gasteiger charge is 2.42. The number of Topliss-reactive ketones (excluding diaryl/α,β-unsaturated/α-hetero) is 1. The summed E-state index contributed by atoms with van der Waals surface area (Å²) >= 11 is 1.67. The smallest absolute Gasteiger partial charge is 0.320 e. The molecule has 2 rings (SSSR count). The summed E-state index contributed by atoms with van der Waals surface area (Å²) in [5, 5.41) is 0.944. The van der Waals surface area contributed by atoms with Gasteiger partial charge in [-0.05, 0) is 80.1 Å². The number of nitrogens with zero attached hydrogens (tertiary/aromatic N) is 1. The largest absolute Gasteiger partial charge is 0.468 e. The molecule has 0 radical (unpaired) electrons. The summed E-state index contributed by atoms with van der Waals surface area (Å²) in [6, 6.07) is 8.12. The molecule has 1 aromatic carbocycles. The number of pyridine rings is 1. The van der Waals surface area contributed by atoms with E-state index in [4.69, 9.17) is 9.16 Å². The van der Waals surface area contributed by atoms with Gasteiger partial charge < -0.3 is 9.16 Å². The third kappa shape index (κ3) is 8.26. The maximum Gasteiger partial charge on any atom is 0.320 e. The van der Waals surface area contributed by atoms with Gasteiger partial charge in [-0.15, -0.1) is 11.8 Å². The molecule has 7 heteroatoms. The van der Waals surface area contributed by atoms with Crippen LogP contribution in [0.1, 0.15) is 67.9 Å². The molecule has 204 valence electrons. The second-order valence-corrected chi connectivity index (χ2v) is 17.6. The van der Waals surface area contributed by atoms with Crippen molar-refractivity contribution < 1.29 is 18.8 Å². The molecule has 1 aromatic heterocycles. The zero-order valence-corrected chi connectivity index (χ0v) is 26.3. The molecule has 0 spiro atoms. The van der Waals surface area contributed by atoms with Crippen LogP contribution < -0.4 is 0 Å². The highest BCUT2D eigenvalue weighted by Crippen LogP contribution is 2.40.